The summed E-state index contributed by atoms with van der Waals surface area (Å²) in [5, 5.41) is 2.96. The van der Waals surface area contributed by atoms with Crippen molar-refractivity contribution in [2.45, 2.75) is 32.7 Å². The molecular weight excluding hydrogens is 450 g/mol. The maximum atomic E-state index is 13.4. The second kappa shape index (κ2) is 11.3. The number of aryl methyl sites for hydroxylation is 1. The summed E-state index contributed by atoms with van der Waals surface area (Å²) in [7, 11) is -2.27. The average Bonchev–Trinajstić information content (AvgIpc) is 2.76. The Balaban J connectivity index is 2.38. The van der Waals surface area contributed by atoms with Crippen LogP contribution in [-0.4, -0.2) is 57.6 Å². The van der Waals surface area contributed by atoms with Gasteiger partial charge in [0.1, 0.15) is 12.6 Å². The fraction of sp³-hybridized carbons (Fsp3) is 0.391. The van der Waals surface area contributed by atoms with Crippen molar-refractivity contribution in [3.8, 4) is 0 Å². The lowest BCUT2D eigenvalue weighted by Gasteiger charge is -2.33. The number of halogens is 1. The van der Waals surface area contributed by atoms with Gasteiger partial charge in [-0.25, -0.2) is 8.42 Å². The van der Waals surface area contributed by atoms with Gasteiger partial charge in [0.25, 0.3) is 0 Å². The van der Waals surface area contributed by atoms with Gasteiger partial charge in [0, 0.05) is 18.6 Å². The van der Waals surface area contributed by atoms with E-state index in [2.05, 4.69) is 5.32 Å². The van der Waals surface area contributed by atoms with Crippen LogP contribution in [-0.2, 0) is 26.0 Å². The first kappa shape index (κ1) is 25.7. The Bertz CT molecular complexity index is 1040. The summed E-state index contributed by atoms with van der Waals surface area (Å²) < 4.78 is 26.2. The first-order valence-electron chi connectivity index (χ1n) is 10.4. The molecule has 9 heteroatoms. The van der Waals surface area contributed by atoms with Crippen molar-refractivity contribution in [1.82, 2.24) is 10.2 Å². The van der Waals surface area contributed by atoms with Gasteiger partial charge in [-0.05, 0) is 43.0 Å². The molecule has 32 heavy (non-hydrogen) atoms. The van der Waals surface area contributed by atoms with Crippen molar-refractivity contribution in [2.75, 3.05) is 30.7 Å². The zero-order valence-electron chi connectivity index (χ0n) is 18.8. The summed E-state index contributed by atoms with van der Waals surface area (Å²) in [5.41, 5.74) is 2.02. The smallest absolute Gasteiger partial charge is 0.244 e. The van der Waals surface area contributed by atoms with E-state index < -0.39 is 28.5 Å². The number of hydrogen-bond acceptors (Lipinski definition) is 4. The number of nitrogens with zero attached hydrogens (tertiary/aromatic N) is 2. The molecule has 0 aliphatic rings. The zero-order chi connectivity index (χ0) is 23.9. The number of carbonyl (C=O) groups is 2. The van der Waals surface area contributed by atoms with E-state index in [9.17, 15) is 18.0 Å². The number of amides is 2. The Hall–Kier alpha value is -2.58. The third-order valence-corrected chi connectivity index (χ3v) is 6.60. The lowest BCUT2D eigenvalue weighted by molar-refractivity contribution is -0.139. The van der Waals surface area contributed by atoms with E-state index >= 15 is 0 Å². The highest BCUT2D eigenvalue weighted by molar-refractivity contribution is 7.92. The second-order valence-electron chi connectivity index (χ2n) is 7.56. The van der Waals surface area contributed by atoms with Crippen LogP contribution in [0.5, 0.6) is 0 Å². The van der Waals surface area contributed by atoms with Gasteiger partial charge in [0.2, 0.25) is 21.8 Å². The van der Waals surface area contributed by atoms with E-state index in [1.54, 1.807) is 19.1 Å². The fourth-order valence-electron chi connectivity index (χ4n) is 3.51. The Kier molecular flexibility index (Phi) is 9.09. The highest BCUT2D eigenvalue weighted by Crippen LogP contribution is 2.26. The molecule has 0 aliphatic heterocycles. The van der Waals surface area contributed by atoms with Crippen molar-refractivity contribution in [1.29, 1.82) is 0 Å². The van der Waals surface area contributed by atoms with Gasteiger partial charge in [-0.1, -0.05) is 54.9 Å². The van der Waals surface area contributed by atoms with Crippen LogP contribution < -0.4 is 9.62 Å². The van der Waals surface area contributed by atoms with Gasteiger partial charge in [0.05, 0.1) is 11.9 Å². The molecule has 0 saturated carbocycles. The lowest BCUT2D eigenvalue weighted by Crippen LogP contribution is -2.52. The van der Waals surface area contributed by atoms with Crippen LogP contribution in [0.3, 0.4) is 0 Å². The van der Waals surface area contributed by atoms with Crippen LogP contribution in [0.4, 0.5) is 5.69 Å². The molecule has 0 aliphatic carbocycles. The molecule has 0 spiro atoms. The number of carbonyl (C=O) groups excluding carboxylic acids is 2. The summed E-state index contributed by atoms with van der Waals surface area (Å²) in [6.45, 7) is 3.42. The Labute approximate surface area is 195 Å². The number of rotatable bonds is 10. The Morgan fingerprint density at radius 1 is 1.12 bits per heavy atom. The molecule has 0 saturated heterocycles. The van der Waals surface area contributed by atoms with E-state index in [0.717, 1.165) is 16.1 Å². The maximum Gasteiger partial charge on any atom is 0.244 e. The Morgan fingerprint density at radius 2 is 1.78 bits per heavy atom. The normalized spacial score (nSPS) is 12.2. The Morgan fingerprint density at radius 3 is 2.34 bits per heavy atom. The minimum absolute atomic E-state index is 0.279. The molecule has 2 amide bonds. The van der Waals surface area contributed by atoms with E-state index in [1.807, 2.05) is 37.3 Å². The van der Waals surface area contributed by atoms with Crippen molar-refractivity contribution < 1.29 is 18.0 Å². The molecule has 1 N–H and O–H groups in total. The van der Waals surface area contributed by atoms with E-state index in [-0.39, 0.29) is 12.5 Å². The third-order valence-electron chi connectivity index (χ3n) is 5.24. The van der Waals surface area contributed by atoms with Gasteiger partial charge in [-0.15, -0.1) is 0 Å². The maximum absolute atomic E-state index is 13.4. The number of likely N-dealkylation sites (N-methyl/N-ethyl adjacent to an activating group) is 1. The molecule has 1 atom stereocenters. The first-order valence-corrected chi connectivity index (χ1v) is 12.6. The molecular formula is C23H30ClN3O4S. The minimum Gasteiger partial charge on any atom is -0.357 e. The number of hydrogen-bond donors (Lipinski definition) is 1. The summed E-state index contributed by atoms with van der Waals surface area (Å²) in [4.78, 5) is 27.4. The number of benzene rings is 2. The topological polar surface area (TPSA) is 86.8 Å². The largest absolute Gasteiger partial charge is 0.357 e. The van der Waals surface area contributed by atoms with Gasteiger partial charge in [-0.2, -0.15) is 0 Å². The summed E-state index contributed by atoms with van der Waals surface area (Å²) in [6.07, 6.45) is 1.98. The molecule has 0 heterocycles. The quantitative estimate of drug-likeness (QED) is 0.567. The highest BCUT2D eigenvalue weighted by atomic mass is 35.5. The van der Waals surface area contributed by atoms with Crippen molar-refractivity contribution >= 4 is 39.1 Å². The molecule has 2 aromatic rings. The SMILES string of the molecule is CCC(C(=O)NC)N(CCc1ccccc1)C(=O)CN(c1cc(Cl)ccc1C)S(C)(=O)=O. The molecule has 174 valence electrons. The van der Waals surface area contributed by atoms with E-state index in [4.69, 9.17) is 11.6 Å². The minimum atomic E-state index is -3.78. The van der Waals surface area contributed by atoms with E-state index in [1.165, 1.54) is 18.0 Å². The zero-order valence-corrected chi connectivity index (χ0v) is 20.4. The van der Waals surface area contributed by atoms with Gasteiger partial charge < -0.3 is 10.2 Å². The van der Waals surface area contributed by atoms with Gasteiger partial charge in [-0.3, -0.25) is 13.9 Å². The highest BCUT2D eigenvalue weighted by Gasteiger charge is 2.31. The molecule has 2 aromatic carbocycles. The molecule has 1 unspecified atom stereocenters. The molecule has 0 bridgehead atoms. The summed E-state index contributed by atoms with van der Waals surface area (Å²) in [6, 6.07) is 13.8. The number of anilines is 1. The number of nitrogens with one attached hydrogen (secondary N) is 1. The number of sulfonamides is 1. The third kappa shape index (κ3) is 6.71. The summed E-state index contributed by atoms with van der Waals surface area (Å²) >= 11 is 6.09. The molecule has 2 rings (SSSR count). The van der Waals surface area contributed by atoms with Crippen LogP contribution in [0.2, 0.25) is 5.02 Å². The molecule has 0 aromatic heterocycles. The lowest BCUT2D eigenvalue weighted by atomic mass is 10.1. The second-order valence-corrected chi connectivity index (χ2v) is 9.90. The van der Waals surface area contributed by atoms with E-state index in [0.29, 0.717) is 29.1 Å². The van der Waals surface area contributed by atoms with Crippen LogP contribution in [0.1, 0.15) is 24.5 Å². The summed E-state index contributed by atoms with van der Waals surface area (Å²) in [5.74, 6) is -0.750. The molecule has 0 radical (unpaired) electrons. The van der Waals surface area contributed by atoms with Crippen LogP contribution in [0.15, 0.2) is 48.5 Å². The molecule has 7 nitrogen and oxygen atoms in total. The fourth-order valence-corrected chi connectivity index (χ4v) is 4.57. The van der Waals surface area contributed by atoms with Crippen molar-refractivity contribution in [3.63, 3.8) is 0 Å². The predicted octanol–water partition coefficient (Wildman–Crippen LogP) is 3.01. The first-order chi connectivity index (χ1) is 15.1. The molecule has 0 fully saturated rings. The monoisotopic (exact) mass is 479 g/mol. The van der Waals surface area contributed by atoms with Crippen molar-refractivity contribution in [2.24, 2.45) is 0 Å². The van der Waals surface area contributed by atoms with Crippen LogP contribution in [0.25, 0.3) is 0 Å². The van der Waals surface area contributed by atoms with Crippen molar-refractivity contribution in [3.05, 3.63) is 64.7 Å². The predicted molar refractivity (Wildman–Crippen MR) is 128 cm³/mol. The van der Waals surface area contributed by atoms with Gasteiger partial charge in [0.15, 0.2) is 0 Å². The van der Waals surface area contributed by atoms with Gasteiger partial charge >= 0.3 is 0 Å². The average molecular weight is 480 g/mol. The van der Waals surface area contributed by atoms with Crippen LogP contribution in [0, 0.1) is 6.92 Å². The van der Waals surface area contributed by atoms with Crippen LogP contribution >= 0.6 is 11.6 Å². The standard InChI is InChI=1S/C23H30ClN3O4S/c1-5-20(23(29)25-3)26(14-13-18-9-7-6-8-10-18)22(28)16-27(32(4,30)31)21-15-19(24)12-11-17(21)2/h6-12,15,20H,5,13-14,16H2,1-4H3,(H,25,29).